The molecule has 0 fully saturated rings. The summed E-state index contributed by atoms with van der Waals surface area (Å²) in [5.74, 6) is 0.884. The van der Waals surface area contributed by atoms with Crippen molar-refractivity contribution >= 4 is 11.3 Å². The van der Waals surface area contributed by atoms with Gasteiger partial charge in [0.1, 0.15) is 10.8 Å². The van der Waals surface area contributed by atoms with Gasteiger partial charge in [-0.15, -0.1) is 11.3 Å². The predicted molar refractivity (Wildman–Crippen MR) is 63.5 cm³/mol. The minimum Gasteiger partial charge on any atom is -0.496 e. The van der Waals surface area contributed by atoms with E-state index >= 15 is 0 Å². The SMILES string of the molecule is CCc1csc(-c2ccccc2OC)n1. The van der Waals surface area contributed by atoms with E-state index in [9.17, 15) is 0 Å². The van der Waals surface area contributed by atoms with Gasteiger partial charge >= 0.3 is 0 Å². The fourth-order valence-electron chi connectivity index (χ4n) is 1.41. The van der Waals surface area contributed by atoms with Gasteiger partial charge in [-0.2, -0.15) is 0 Å². The van der Waals surface area contributed by atoms with Crippen LogP contribution in [0.25, 0.3) is 10.6 Å². The van der Waals surface area contributed by atoms with E-state index in [-0.39, 0.29) is 0 Å². The molecule has 1 aromatic heterocycles. The van der Waals surface area contributed by atoms with Crippen LogP contribution in [0.4, 0.5) is 0 Å². The van der Waals surface area contributed by atoms with Crippen molar-refractivity contribution in [3.63, 3.8) is 0 Å². The average Bonchev–Trinajstić information content (AvgIpc) is 2.77. The van der Waals surface area contributed by atoms with Crippen molar-refractivity contribution in [3.05, 3.63) is 35.3 Å². The topological polar surface area (TPSA) is 22.1 Å². The highest BCUT2D eigenvalue weighted by Crippen LogP contribution is 2.31. The molecule has 0 atom stereocenters. The number of aromatic nitrogens is 1. The first-order valence-corrected chi connectivity index (χ1v) is 5.81. The normalized spacial score (nSPS) is 10.3. The highest BCUT2D eigenvalue weighted by molar-refractivity contribution is 7.13. The molecule has 0 saturated heterocycles. The Bertz CT molecular complexity index is 450. The van der Waals surface area contributed by atoms with Crippen molar-refractivity contribution in [1.82, 2.24) is 4.98 Å². The van der Waals surface area contributed by atoms with Gasteiger partial charge in [0.2, 0.25) is 0 Å². The number of hydrogen-bond donors (Lipinski definition) is 0. The maximum atomic E-state index is 5.31. The van der Waals surface area contributed by atoms with Gasteiger partial charge in [-0.05, 0) is 18.6 Å². The van der Waals surface area contributed by atoms with Crippen LogP contribution < -0.4 is 4.74 Å². The van der Waals surface area contributed by atoms with Crippen LogP contribution in [0.15, 0.2) is 29.6 Å². The molecule has 1 heterocycles. The largest absolute Gasteiger partial charge is 0.496 e. The molecule has 0 radical (unpaired) electrons. The van der Waals surface area contributed by atoms with Crippen molar-refractivity contribution in [1.29, 1.82) is 0 Å². The minimum absolute atomic E-state index is 0.884. The Kier molecular flexibility index (Phi) is 3.02. The average molecular weight is 219 g/mol. The summed E-state index contributed by atoms with van der Waals surface area (Å²) in [6.07, 6.45) is 0.978. The maximum Gasteiger partial charge on any atom is 0.129 e. The van der Waals surface area contributed by atoms with Crippen molar-refractivity contribution < 1.29 is 4.74 Å². The molecule has 2 rings (SSSR count). The van der Waals surface area contributed by atoms with E-state index < -0.39 is 0 Å². The molecule has 2 aromatic rings. The first kappa shape index (κ1) is 10.2. The molecule has 2 nitrogen and oxygen atoms in total. The summed E-state index contributed by atoms with van der Waals surface area (Å²) in [5.41, 5.74) is 2.21. The Morgan fingerprint density at radius 1 is 1.33 bits per heavy atom. The summed E-state index contributed by atoms with van der Waals surface area (Å²) in [4.78, 5) is 4.55. The first-order chi connectivity index (χ1) is 7.35. The molecule has 78 valence electrons. The van der Waals surface area contributed by atoms with Crippen LogP contribution in [-0.4, -0.2) is 12.1 Å². The highest BCUT2D eigenvalue weighted by atomic mass is 32.1. The number of nitrogens with zero attached hydrogens (tertiary/aromatic N) is 1. The number of hydrogen-bond acceptors (Lipinski definition) is 3. The molecular weight excluding hydrogens is 206 g/mol. The van der Waals surface area contributed by atoms with Gasteiger partial charge in [-0.25, -0.2) is 4.98 Å². The fourth-order valence-corrected chi connectivity index (χ4v) is 2.35. The minimum atomic E-state index is 0.884. The molecule has 0 bridgehead atoms. The number of thiazole rings is 1. The molecular formula is C12H13NOS. The van der Waals surface area contributed by atoms with Gasteiger partial charge in [0, 0.05) is 5.38 Å². The summed E-state index contributed by atoms with van der Waals surface area (Å²) < 4.78 is 5.31. The highest BCUT2D eigenvalue weighted by Gasteiger charge is 2.08. The lowest BCUT2D eigenvalue weighted by Crippen LogP contribution is -1.87. The molecule has 15 heavy (non-hydrogen) atoms. The quantitative estimate of drug-likeness (QED) is 0.789. The standard InChI is InChI=1S/C12H13NOS/c1-3-9-8-15-12(13-9)10-6-4-5-7-11(10)14-2/h4-8H,3H2,1-2H3. The van der Waals surface area contributed by atoms with Gasteiger partial charge in [-0.1, -0.05) is 19.1 Å². The number of para-hydroxylation sites is 1. The van der Waals surface area contributed by atoms with Gasteiger partial charge < -0.3 is 4.74 Å². The van der Waals surface area contributed by atoms with E-state index in [0.29, 0.717) is 0 Å². The van der Waals surface area contributed by atoms with Crippen LogP contribution in [0.2, 0.25) is 0 Å². The molecule has 0 unspecified atom stereocenters. The monoisotopic (exact) mass is 219 g/mol. The van der Waals surface area contributed by atoms with Crippen LogP contribution in [0.5, 0.6) is 5.75 Å². The van der Waals surface area contributed by atoms with Crippen molar-refractivity contribution in [2.24, 2.45) is 0 Å². The number of methoxy groups -OCH3 is 1. The summed E-state index contributed by atoms with van der Waals surface area (Å²) in [6.45, 7) is 2.11. The summed E-state index contributed by atoms with van der Waals surface area (Å²) in [5, 5.41) is 3.13. The molecule has 0 N–H and O–H groups in total. The number of rotatable bonds is 3. The Hall–Kier alpha value is -1.35. The number of benzene rings is 1. The molecule has 0 amide bonds. The first-order valence-electron chi connectivity index (χ1n) is 4.93. The van der Waals surface area contributed by atoms with Crippen molar-refractivity contribution in [2.75, 3.05) is 7.11 Å². The van der Waals surface area contributed by atoms with Crippen molar-refractivity contribution in [2.45, 2.75) is 13.3 Å². The van der Waals surface area contributed by atoms with Crippen LogP contribution in [-0.2, 0) is 6.42 Å². The second-order valence-corrected chi connectivity index (χ2v) is 4.06. The Morgan fingerprint density at radius 2 is 2.13 bits per heavy atom. The maximum absolute atomic E-state index is 5.31. The third kappa shape index (κ3) is 2.02. The van der Waals surface area contributed by atoms with E-state index in [1.165, 1.54) is 0 Å². The van der Waals surface area contributed by atoms with Crippen LogP contribution in [0.1, 0.15) is 12.6 Å². The second kappa shape index (κ2) is 4.45. The summed E-state index contributed by atoms with van der Waals surface area (Å²) >= 11 is 1.67. The lowest BCUT2D eigenvalue weighted by atomic mass is 10.2. The predicted octanol–water partition coefficient (Wildman–Crippen LogP) is 3.38. The van der Waals surface area contributed by atoms with E-state index in [4.69, 9.17) is 4.74 Å². The molecule has 0 aliphatic heterocycles. The van der Waals surface area contributed by atoms with Gasteiger partial charge in [0.15, 0.2) is 0 Å². The Balaban J connectivity index is 2.44. The van der Waals surface area contributed by atoms with E-state index in [0.717, 1.165) is 28.4 Å². The zero-order valence-corrected chi connectivity index (χ0v) is 9.67. The zero-order valence-electron chi connectivity index (χ0n) is 8.86. The molecule has 0 saturated carbocycles. The lowest BCUT2D eigenvalue weighted by molar-refractivity contribution is 0.416. The van der Waals surface area contributed by atoms with E-state index in [1.54, 1.807) is 18.4 Å². The molecule has 0 aliphatic rings. The smallest absolute Gasteiger partial charge is 0.129 e. The number of ether oxygens (including phenoxy) is 1. The van der Waals surface area contributed by atoms with Gasteiger partial charge in [-0.3, -0.25) is 0 Å². The Morgan fingerprint density at radius 3 is 2.80 bits per heavy atom. The van der Waals surface area contributed by atoms with Crippen molar-refractivity contribution in [3.8, 4) is 16.3 Å². The summed E-state index contributed by atoms with van der Waals surface area (Å²) in [6, 6.07) is 7.97. The van der Waals surface area contributed by atoms with Crippen LogP contribution in [0.3, 0.4) is 0 Å². The van der Waals surface area contributed by atoms with Gasteiger partial charge in [0.05, 0.1) is 18.4 Å². The second-order valence-electron chi connectivity index (χ2n) is 3.20. The lowest BCUT2D eigenvalue weighted by Gasteiger charge is -2.04. The Labute approximate surface area is 93.6 Å². The zero-order chi connectivity index (χ0) is 10.7. The molecule has 0 spiro atoms. The number of aryl methyl sites for hydroxylation is 1. The van der Waals surface area contributed by atoms with Crippen LogP contribution in [0, 0.1) is 0 Å². The fraction of sp³-hybridized carbons (Fsp3) is 0.250. The van der Waals surface area contributed by atoms with Crippen LogP contribution >= 0.6 is 11.3 Å². The van der Waals surface area contributed by atoms with Gasteiger partial charge in [0.25, 0.3) is 0 Å². The van der Waals surface area contributed by atoms with E-state index in [2.05, 4.69) is 17.3 Å². The third-order valence-electron chi connectivity index (χ3n) is 2.25. The summed E-state index contributed by atoms with van der Waals surface area (Å²) in [7, 11) is 1.69. The van der Waals surface area contributed by atoms with E-state index in [1.807, 2.05) is 24.3 Å². The molecule has 3 heteroatoms. The third-order valence-corrected chi connectivity index (χ3v) is 3.18. The molecule has 0 aliphatic carbocycles. The molecule has 1 aromatic carbocycles.